The van der Waals surface area contributed by atoms with E-state index in [1.165, 1.54) is 11.3 Å². The zero-order valence-corrected chi connectivity index (χ0v) is 9.15. The van der Waals surface area contributed by atoms with Gasteiger partial charge < -0.3 is 15.4 Å². The van der Waals surface area contributed by atoms with Crippen LogP contribution >= 0.6 is 0 Å². The molecular formula is C12H18N2O. The van der Waals surface area contributed by atoms with Crippen LogP contribution < -0.4 is 10.6 Å². The van der Waals surface area contributed by atoms with E-state index in [1.807, 2.05) is 13.0 Å². The molecule has 1 aromatic rings. The van der Waals surface area contributed by atoms with Crippen molar-refractivity contribution in [3.05, 3.63) is 29.8 Å². The van der Waals surface area contributed by atoms with Gasteiger partial charge in [0.05, 0.1) is 13.2 Å². The van der Waals surface area contributed by atoms with Gasteiger partial charge in [-0.2, -0.15) is 0 Å². The van der Waals surface area contributed by atoms with E-state index in [9.17, 15) is 0 Å². The molecule has 1 aliphatic heterocycles. The molecule has 0 spiro atoms. The number of hydrogen-bond acceptors (Lipinski definition) is 3. The maximum absolute atomic E-state index is 5.96. The van der Waals surface area contributed by atoms with Crippen molar-refractivity contribution in [1.29, 1.82) is 0 Å². The number of hydrogen-bond donors (Lipinski definition) is 1. The molecule has 3 heteroatoms. The lowest BCUT2D eigenvalue weighted by atomic mass is 10.1. The van der Waals surface area contributed by atoms with Crippen molar-refractivity contribution in [2.24, 2.45) is 5.73 Å². The summed E-state index contributed by atoms with van der Waals surface area (Å²) in [6.45, 7) is 5.58. The molecule has 0 radical (unpaired) electrons. The predicted octanol–water partition coefficient (Wildman–Crippen LogP) is 1.54. The Kier molecular flexibility index (Phi) is 3.23. The van der Waals surface area contributed by atoms with E-state index in [-0.39, 0.29) is 6.04 Å². The van der Waals surface area contributed by atoms with E-state index >= 15 is 0 Å². The van der Waals surface area contributed by atoms with Crippen molar-refractivity contribution >= 4 is 5.69 Å². The van der Waals surface area contributed by atoms with Gasteiger partial charge in [0, 0.05) is 24.8 Å². The summed E-state index contributed by atoms with van der Waals surface area (Å²) in [6.07, 6.45) is 0. The van der Waals surface area contributed by atoms with Gasteiger partial charge in [0.15, 0.2) is 0 Å². The van der Waals surface area contributed by atoms with Gasteiger partial charge in [-0.05, 0) is 18.6 Å². The number of benzene rings is 1. The van der Waals surface area contributed by atoms with Gasteiger partial charge in [-0.25, -0.2) is 0 Å². The molecule has 0 amide bonds. The van der Waals surface area contributed by atoms with Crippen LogP contribution in [0.3, 0.4) is 0 Å². The summed E-state index contributed by atoms with van der Waals surface area (Å²) in [5.74, 6) is 0. The molecule has 1 atom stereocenters. The minimum atomic E-state index is 0.0871. The number of para-hydroxylation sites is 1. The van der Waals surface area contributed by atoms with E-state index in [4.69, 9.17) is 10.5 Å². The summed E-state index contributed by atoms with van der Waals surface area (Å²) >= 11 is 0. The van der Waals surface area contributed by atoms with Crippen molar-refractivity contribution in [3.63, 3.8) is 0 Å². The summed E-state index contributed by atoms with van der Waals surface area (Å²) in [5, 5.41) is 0. The summed E-state index contributed by atoms with van der Waals surface area (Å²) in [6, 6.07) is 8.45. The number of anilines is 1. The van der Waals surface area contributed by atoms with Crippen molar-refractivity contribution in [2.45, 2.75) is 13.0 Å². The lowest BCUT2D eigenvalue weighted by Crippen LogP contribution is -2.37. The Morgan fingerprint density at radius 3 is 2.60 bits per heavy atom. The van der Waals surface area contributed by atoms with Crippen LogP contribution in [-0.2, 0) is 4.74 Å². The highest BCUT2D eigenvalue weighted by molar-refractivity contribution is 5.55. The zero-order valence-electron chi connectivity index (χ0n) is 9.15. The topological polar surface area (TPSA) is 38.5 Å². The first-order valence-electron chi connectivity index (χ1n) is 5.46. The molecule has 15 heavy (non-hydrogen) atoms. The molecule has 3 nitrogen and oxygen atoms in total. The molecule has 0 bridgehead atoms. The molecule has 0 aliphatic carbocycles. The summed E-state index contributed by atoms with van der Waals surface area (Å²) in [5.41, 5.74) is 8.44. The van der Waals surface area contributed by atoms with Gasteiger partial charge >= 0.3 is 0 Å². The number of rotatable bonds is 2. The molecule has 1 unspecified atom stereocenters. The minimum absolute atomic E-state index is 0.0871. The largest absolute Gasteiger partial charge is 0.378 e. The highest BCUT2D eigenvalue weighted by atomic mass is 16.5. The zero-order chi connectivity index (χ0) is 10.7. The molecule has 0 aromatic heterocycles. The smallest absolute Gasteiger partial charge is 0.0642 e. The first-order valence-corrected chi connectivity index (χ1v) is 5.46. The van der Waals surface area contributed by atoms with Gasteiger partial charge in [0.1, 0.15) is 0 Å². The van der Waals surface area contributed by atoms with Crippen LogP contribution in [0.1, 0.15) is 18.5 Å². The fourth-order valence-electron chi connectivity index (χ4n) is 1.96. The van der Waals surface area contributed by atoms with E-state index in [0.717, 1.165) is 26.3 Å². The average Bonchev–Trinajstić information content (AvgIpc) is 2.30. The lowest BCUT2D eigenvalue weighted by Gasteiger charge is -2.31. The third-order valence-corrected chi connectivity index (χ3v) is 2.78. The number of ether oxygens (including phenoxy) is 1. The van der Waals surface area contributed by atoms with E-state index in [0.29, 0.717) is 0 Å². The third-order valence-electron chi connectivity index (χ3n) is 2.78. The summed E-state index contributed by atoms with van der Waals surface area (Å²) < 4.78 is 5.35. The molecule has 1 fully saturated rings. The van der Waals surface area contributed by atoms with E-state index in [1.54, 1.807) is 0 Å². The maximum atomic E-state index is 5.96. The van der Waals surface area contributed by atoms with Crippen LogP contribution in [0, 0.1) is 0 Å². The molecule has 1 aliphatic rings. The van der Waals surface area contributed by atoms with Crippen molar-refractivity contribution in [2.75, 3.05) is 31.2 Å². The molecular weight excluding hydrogens is 188 g/mol. The van der Waals surface area contributed by atoms with Crippen LogP contribution in [0.5, 0.6) is 0 Å². The van der Waals surface area contributed by atoms with E-state index in [2.05, 4.69) is 23.1 Å². The molecule has 2 rings (SSSR count). The molecule has 2 N–H and O–H groups in total. The fraction of sp³-hybridized carbons (Fsp3) is 0.500. The lowest BCUT2D eigenvalue weighted by molar-refractivity contribution is 0.122. The molecule has 1 saturated heterocycles. The van der Waals surface area contributed by atoms with Gasteiger partial charge in [0.25, 0.3) is 0 Å². The monoisotopic (exact) mass is 206 g/mol. The van der Waals surface area contributed by atoms with Crippen LogP contribution in [0.2, 0.25) is 0 Å². The SMILES string of the molecule is CC(N)c1ccccc1N1CCOCC1. The second kappa shape index (κ2) is 4.64. The van der Waals surface area contributed by atoms with Crippen LogP contribution in [-0.4, -0.2) is 26.3 Å². The Morgan fingerprint density at radius 2 is 1.93 bits per heavy atom. The number of nitrogens with zero attached hydrogens (tertiary/aromatic N) is 1. The quantitative estimate of drug-likeness (QED) is 0.797. The molecule has 0 saturated carbocycles. The third kappa shape index (κ3) is 2.30. The van der Waals surface area contributed by atoms with Gasteiger partial charge in [-0.1, -0.05) is 18.2 Å². The summed E-state index contributed by atoms with van der Waals surface area (Å²) in [4.78, 5) is 2.35. The van der Waals surface area contributed by atoms with Gasteiger partial charge in [-0.3, -0.25) is 0 Å². The Hall–Kier alpha value is -1.06. The Labute approximate surface area is 90.8 Å². The average molecular weight is 206 g/mol. The van der Waals surface area contributed by atoms with Gasteiger partial charge in [0.2, 0.25) is 0 Å². The van der Waals surface area contributed by atoms with E-state index < -0.39 is 0 Å². The van der Waals surface area contributed by atoms with Crippen LogP contribution in [0.15, 0.2) is 24.3 Å². The molecule has 1 heterocycles. The normalized spacial score (nSPS) is 18.9. The highest BCUT2D eigenvalue weighted by Gasteiger charge is 2.15. The van der Waals surface area contributed by atoms with Crippen molar-refractivity contribution in [1.82, 2.24) is 0 Å². The van der Waals surface area contributed by atoms with Crippen molar-refractivity contribution < 1.29 is 4.74 Å². The molecule has 82 valence electrons. The Balaban J connectivity index is 2.25. The maximum Gasteiger partial charge on any atom is 0.0642 e. The Morgan fingerprint density at radius 1 is 1.27 bits per heavy atom. The second-order valence-electron chi connectivity index (χ2n) is 3.95. The second-order valence-corrected chi connectivity index (χ2v) is 3.95. The fourth-order valence-corrected chi connectivity index (χ4v) is 1.96. The van der Waals surface area contributed by atoms with Gasteiger partial charge in [-0.15, -0.1) is 0 Å². The van der Waals surface area contributed by atoms with Crippen LogP contribution in [0.4, 0.5) is 5.69 Å². The van der Waals surface area contributed by atoms with Crippen LogP contribution in [0.25, 0.3) is 0 Å². The first-order chi connectivity index (χ1) is 7.29. The number of morpholine rings is 1. The highest BCUT2D eigenvalue weighted by Crippen LogP contribution is 2.25. The first kappa shape index (κ1) is 10.5. The van der Waals surface area contributed by atoms with Crippen molar-refractivity contribution in [3.8, 4) is 0 Å². The summed E-state index contributed by atoms with van der Waals surface area (Å²) in [7, 11) is 0. The minimum Gasteiger partial charge on any atom is -0.378 e. The standard InChI is InChI=1S/C12H18N2O/c1-10(13)11-4-2-3-5-12(11)14-6-8-15-9-7-14/h2-5,10H,6-9,13H2,1H3. The molecule has 1 aromatic carbocycles. The predicted molar refractivity (Wildman–Crippen MR) is 62.1 cm³/mol. The Bertz CT molecular complexity index is 319. The number of nitrogens with two attached hydrogens (primary N) is 1.